The number of nitrogens with one attached hydrogen (secondary N) is 3. The van der Waals surface area contributed by atoms with Gasteiger partial charge in [0.2, 0.25) is 5.95 Å². The maximum Gasteiger partial charge on any atom is 0.227 e. The van der Waals surface area contributed by atoms with Gasteiger partial charge in [0.15, 0.2) is 5.13 Å². The van der Waals surface area contributed by atoms with Crippen molar-refractivity contribution in [3.8, 4) is 21.8 Å². The molecule has 9 nitrogen and oxygen atoms in total. The second-order valence-corrected chi connectivity index (χ2v) is 13.6. The molecule has 0 aliphatic carbocycles. The number of rotatable bonds is 12. The van der Waals surface area contributed by atoms with Gasteiger partial charge in [-0.2, -0.15) is 0 Å². The number of aromatic nitrogens is 3. The zero-order valence-corrected chi connectivity index (χ0v) is 28.8. The summed E-state index contributed by atoms with van der Waals surface area (Å²) < 4.78 is 34.5. The summed E-state index contributed by atoms with van der Waals surface area (Å²) in [5.41, 5.74) is 6.46. The molecule has 2 aliphatic heterocycles. The van der Waals surface area contributed by atoms with Crippen LogP contribution in [-0.2, 0) is 17.7 Å². The number of likely N-dealkylation sites (N-methyl/N-ethyl adjacent to an activating group) is 1. The summed E-state index contributed by atoms with van der Waals surface area (Å²) in [7, 11) is 2.14. The third-order valence-electron chi connectivity index (χ3n) is 8.91. The number of thiazole rings is 1. The van der Waals surface area contributed by atoms with Crippen molar-refractivity contribution in [2.45, 2.75) is 19.4 Å². The number of morpholine rings is 1. The molecule has 12 heteroatoms. The zero-order valence-electron chi connectivity index (χ0n) is 28.0. The lowest BCUT2D eigenvalue weighted by Gasteiger charge is -2.26. The highest BCUT2D eigenvalue weighted by molar-refractivity contribution is 7.19. The van der Waals surface area contributed by atoms with Gasteiger partial charge in [0.25, 0.3) is 0 Å². The molecular weight excluding hydrogens is 655 g/mol. The first-order chi connectivity index (χ1) is 24.4. The number of benzene rings is 3. The number of hydrogen-bond donors (Lipinski definition) is 3. The predicted molar refractivity (Wildman–Crippen MR) is 198 cm³/mol. The Labute approximate surface area is 295 Å². The molecule has 1 fully saturated rings. The van der Waals surface area contributed by atoms with Crippen LogP contribution in [-0.4, -0.2) is 77.7 Å². The molecule has 5 aromatic rings. The SMILES string of the molecule is C=C(Nc1cccc(-c2nc(NCCCN3CCOCC3)sc2-c2ccnc(Nc3ccc4c(c3)CN(C)CC4)n2)c1)c1c(F)cccc1F. The Balaban J connectivity index is 1.15. The van der Waals surface area contributed by atoms with E-state index < -0.39 is 11.6 Å². The molecule has 4 heterocycles. The number of ether oxygens (including phenoxy) is 1. The molecule has 0 spiro atoms. The quantitative estimate of drug-likeness (QED) is 0.115. The van der Waals surface area contributed by atoms with Gasteiger partial charge in [-0.25, -0.2) is 23.7 Å². The van der Waals surface area contributed by atoms with Crippen LogP contribution < -0.4 is 16.0 Å². The smallest absolute Gasteiger partial charge is 0.227 e. The van der Waals surface area contributed by atoms with Crippen molar-refractivity contribution in [2.24, 2.45) is 0 Å². The lowest BCUT2D eigenvalue weighted by molar-refractivity contribution is 0.0378. The lowest BCUT2D eigenvalue weighted by Crippen LogP contribution is -2.37. The van der Waals surface area contributed by atoms with Crippen LogP contribution in [0.3, 0.4) is 0 Å². The lowest BCUT2D eigenvalue weighted by atomic mass is 9.99. The van der Waals surface area contributed by atoms with Gasteiger partial charge in [-0.1, -0.05) is 42.2 Å². The number of hydrogen-bond acceptors (Lipinski definition) is 10. The van der Waals surface area contributed by atoms with Crippen molar-refractivity contribution in [2.75, 3.05) is 68.9 Å². The minimum atomic E-state index is -0.680. The van der Waals surface area contributed by atoms with Crippen LogP contribution in [0.2, 0.25) is 0 Å². The molecule has 258 valence electrons. The van der Waals surface area contributed by atoms with Crippen molar-refractivity contribution in [1.29, 1.82) is 0 Å². The Bertz CT molecular complexity index is 1960. The van der Waals surface area contributed by atoms with E-state index in [0.717, 1.165) is 98.0 Å². The summed E-state index contributed by atoms with van der Waals surface area (Å²) in [6.07, 6.45) is 3.76. The molecule has 0 atom stereocenters. The second-order valence-electron chi connectivity index (χ2n) is 12.6. The van der Waals surface area contributed by atoms with Gasteiger partial charge in [-0.15, -0.1) is 0 Å². The van der Waals surface area contributed by atoms with E-state index in [2.05, 4.69) is 62.6 Å². The monoisotopic (exact) mass is 694 g/mol. The highest BCUT2D eigenvalue weighted by atomic mass is 32.1. The van der Waals surface area contributed by atoms with Gasteiger partial charge in [0.1, 0.15) is 11.6 Å². The van der Waals surface area contributed by atoms with Gasteiger partial charge >= 0.3 is 0 Å². The molecule has 50 heavy (non-hydrogen) atoms. The van der Waals surface area contributed by atoms with Gasteiger partial charge in [-0.05, 0) is 80.0 Å². The third-order valence-corrected chi connectivity index (χ3v) is 9.94. The standard InChI is InChI=1S/C38H40F2N8OS/c1-25(34-31(39)8-4-9-32(34)40)43-29-7-3-6-27(22-29)35-36(50-38(46-35)42-14-5-16-48-18-20-49-21-19-48)33-12-15-41-37(45-33)44-30-11-10-26-13-17-47(2)24-28(26)23-30/h3-4,6-12,15,22-23,43H,1,5,13-14,16-21,24H2,2H3,(H,42,46)(H,41,44,45). The second kappa shape index (κ2) is 15.4. The summed E-state index contributed by atoms with van der Waals surface area (Å²) in [4.78, 5) is 20.1. The van der Waals surface area contributed by atoms with Crippen LogP contribution in [0.15, 0.2) is 79.5 Å². The largest absolute Gasteiger partial charge is 0.379 e. The molecule has 1 saturated heterocycles. The van der Waals surface area contributed by atoms with E-state index in [9.17, 15) is 8.78 Å². The van der Waals surface area contributed by atoms with E-state index in [4.69, 9.17) is 14.7 Å². The van der Waals surface area contributed by atoms with E-state index in [1.165, 1.54) is 40.7 Å². The third kappa shape index (κ3) is 8.00. The molecule has 2 aliphatic rings. The van der Waals surface area contributed by atoms with Gasteiger partial charge in [0, 0.05) is 61.6 Å². The van der Waals surface area contributed by atoms with Gasteiger partial charge in [-0.3, -0.25) is 4.90 Å². The summed E-state index contributed by atoms with van der Waals surface area (Å²) >= 11 is 1.53. The van der Waals surface area contributed by atoms with Crippen molar-refractivity contribution in [1.82, 2.24) is 24.8 Å². The highest BCUT2D eigenvalue weighted by Gasteiger charge is 2.19. The fraction of sp³-hybridized carbons (Fsp3) is 0.289. The first-order valence-corrected chi connectivity index (χ1v) is 17.7. The highest BCUT2D eigenvalue weighted by Crippen LogP contribution is 2.39. The van der Waals surface area contributed by atoms with Crippen LogP contribution >= 0.6 is 11.3 Å². The molecule has 0 saturated carbocycles. The molecule has 2 aromatic heterocycles. The Kier molecular flexibility index (Phi) is 10.4. The number of anilines is 4. The zero-order chi connectivity index (χ0) is 34.5. The maximum atomic E-state index is 14.5. The van der Waals surface area contributed by atoms with Crippen LogP contribution in [0.4, 0.5) is 31.2 Å². The van der Waals surface area contributed by atoms with Crippen LogP contribution in [0.5, 0.6) is 0 Å². The molecule has 0 radical (unpaired) electrons. The minimum Gasteiger partial charge on any atom is -0.379 e. The molecular formula is C38H40F2N8OS. The van der Waals surface area contributed by atoms with E-state index in [-0.39, 0.29) is 11.3 Å². The van der Waals surface area contributed by atoms with Crippen molar-refractivity contribution < 1.29 is 13.5 Å². The van der Waals surface area contributed by atoms with Crippen LogP contribution in [0.25, 0.3) is 27.5 Å². The predicted octanol–water partition coefficient (Wildman–Crippen LogP) is 7.49. The molecule has 3 N–H and O–H groups in total. The minimum absolute atomic E-state index is 0.124. The molecule has 0 amide bonds. The Hall–Kier alpha value is -4.75. The van der Waals surface area contributed by atoms with Crippen molar-refractivity contribution >= 4 is 39.5 Å². The van der Waals surface area contributed by atoms with E-state index in [1.807, 2.05) is 30.3 Å². The molecule has 0 bridgehead atoms. The normalized spacial score (nSPS) is 15.0. The van der Waals surface area contributed by atoms with Crippen molar-refractivity contribution in [3.63, 3.8) is 0 Å². The number of halogens is 2. The molecule has 7 rings (SSSR count). The van der Waals surface area contributed by atoms with Gasteiger partial charge in [0.05, 0.1) is 35.0 Å². The number of nitrogens with zero attached hydrogens (tertiary/aromatic N) is 5. The average Bonchev–Trinajstić information content (AvgIpc) is 3.55. The van der Waals surface area contributed by atoms with Crippen LogP contribution in [0.1, 0.15) is 23.1 Å². The fourth-order valence-corrected chi connectivity index (χ4v) is 7.29. The van der Waals surface area contributed by atoms with E-state index in [1.54, 1.807) is 6.20 Å². The Morgan fingerprint density at radius 3 is 2.60 bits per heavy atom. The van der Waals surface area contributed by atoms with Crippen molar-refractivity contribution in [3.05, 3.63) is 108 Å². The summed E-state index contributed by atoms with van der Waals surface area (Å²) in [5.74, 6) is -0.869. The van der Waals surface area contributed by atoms with E-state index in [0.29, 0.717) is 11.6 Å². The van der Waals surface area contributed by atoms with Crippen LogP contribution in [0, 0.1) is 11.6 Å². The summed E-state index contributed by atoms with van der Waals surface area (Å²) in [6.45, 7) is 11.1. The average molecular weight is 695 g/mol. The van der Waals surface area contributed by atoms with E-state index >= 15 is 0 Å². The maximum absolute atomic E-state index is 14.5. The Morgan fingerprint density at radius 1 is 0.940 bits per heavy atom. The first kappa shape index (κ1) is 33.7. The Morgan fingerprint density at radius 2 is 1.76 bits per heavy atom. The summed E-state index contributed by atoms with van der Waals surface area (Å²) in [5, 5.41) is 10.8. The number of fused-ring (bicyclic) bond motifs is 1. The topological polar surface area (TPSA) is 90.5 Å². The van der Waals surface area contributed by atoms with Gasteiger partial charge < -0.3 is 25.6 Å². The summed E-state index contributed by atoms with van der Waals surface area (Å²) in [6, 6.07) is 19.7. The molecule has 0 unspecified atom stereocenters. The fourth-order valence-electron chi connectivity index (χ4n) is 6.31. The first-order valence-electron chi connectivity index (χ1n) is 16.9. The molecule has 3 aromatic carbocycles.